The normalized spacial score (nSPS) is 13.8. The van der Waals surface area contributed by atoms with Gasteiger partial charge in [0.05, 0.1) is 12.5 Å². The second kappa shape index (κ2) is 7.07. The van der Waals surface area contributed by atoms with E-state index < -0.39 is 0 Å². The third-order valence-electron chi connectivity index (χ3n) is 4.45. The van der Waals surface area contributed by atoms with Gasteiger partial charge in [-0.25, -0.2) is 0 Å². The van der Waals surface area contributed by atoms with Crippen LogP contribution in [0.25, 0.3) is 10.9 Å². The van der Waals surface area contributed by atoms with Crippen LogP contribution < -0.4 is 11.1 Å². The molecule has 124 valence electrons. The number of nitrogens with two attached hydrogens (primary N) is 2. The number of primary amides is 1. The van der Waals surface area contributed by atoms with Crippen LogP contribution in [0.2, 0.25) is 5.02 Å². The fraction of sp³-hybridized carbons (Fsp3) is 0.211. The van der Waals surface area contributed by atoms with Crippen LogP contribution in [-0.4, -0.2) is 23.5 Å². The van der Waals surface area contributed by atoms with Crippen LogP contribution in [0.3, 0.4) is 0 Å². The van der Waals surface area contributed by atoms with E-state index in [1.165, 1.54) is 10.9 Å². The Balaban J connectivity index is 2.02. The molecule has 3 rings (SSSR count). The molecule has 5 N–H and O–H groups in total. The summed E-state index contributed by atoms with van der Waals surface area (Å²) in [6, 6.07) is 15.8. The van der Waals surface area contributed by atoms with E-state index >= 15 is 0 Å². The van der Waals surface area contributed by atoms with Crippen molar-refractivity contribution in [2.45, 2.75) is 18.9 Å². The van der Waals surface area contributed by atoms with Crippen LogP contribution in [-0.2, 0) is 4.79 Å². The first-order chi connectivity index (χ1) is 11.6. The number of benzene rings is 2. The van der Waals surface area contributed by atoms with Gasteiger partial charge >= 0.3 is 0 Å². The Morgan fingerprint density at radius 1 is 1.17 bits per heavy atom. The Morgan fingerprint density at radius 3 is 2.62 bits per heavy atom. The number of carbonyl (C=O) groups is 1. The zero-order valence-corrected chi connectivity index (χ0v) is 14.3. The summed E-state index contributed by atoms with van der Waals surface area (Å²) >= 11 is 6.45. The molecule has 0 aliphatic carbocycles. The topological polar surface area (TPSA) is 75.5 Å². The monoisotopic (exact) mass is 342 g/mol. The molecule has 0 spiro atoms. The van der Waals surface area contributed by atoms with Gasteiger partial charge in [0.15, 0.2) is 6.04 Å². The van der Waals surface area contributed by atoms with Gasteiger partial charge in [0, 0.05) is 22.1 Å². The van der Waals surface area contributed by atoms with E-state index in [1.54, 1.807) is 0 Å². The maximum Gasteiger partial charge on any atom is 0.275 e. The number of nitrogens with one attached hydrogen (secondary N) is 1. The van der Waals surface area contributed by atoms with Gasteiger partial charge in [0.25, 0.3) is 5.91 Å². The number of H-pyrrole nitrogens is 1. The number of para-hydroxylation sites is 1. The van der Waals surface area contributed by atoms with Crippen molar-refractivity contribution >= 4 is 28.4 Å². The maximum absolute atomic E-state index is 11.4. The molecule has 0 bridgehead atoms. The molecule has 2 atom stereocenters. The molecule has 24 heavy (non-hydrogen) atoms. The standard InChI is InChI=1S/C19H20ClN3O/c1-12(19(21)24)22-10-15(13-6-2-4-8-17(13)20)16-11-23-18-9-5-3-7-14(16)18/h2-9,11-12,15,22-23H,10H2,1H3,(H2,21,24)/p+1/t12-,15-/m1/s1. The van der Waals surface area contributed by atoms with Crippen molar-refractivity contribution < 1.29 is 10.1 Å². The Morgan fingerprint density at radius 2 is 1.88 bits per heavy atom. The van der Waals surface area contributed by atoms with Crippen molar-refractivity contribution in [3.8, 4) is 0 Å². The summed E-state index contributed by atoms with van der Waals surface area (Å²) in [5.41, 5.74) is 8.71. The number of aromatic nitrogens is 1. The highest BCUT2D eigenvalue weighted by atomic mass is 35.5. The number of halogens is 1. The average molecular weight is 343 g/mol. The summed E-state index contributed by atoms with van der Waals surface area (Å²) in [6.07, 6.45) is 2.03. The second-order valence-electron chi connectivity index (χ2n) is 6.03. The quantitative estimate of drug-likeness (QED) is 0.632. The van der Waals surface area contributed by atoms with E-state index in [0.29, 0.717) is 6.54 Å². The van der Waals surface area contributed by atoms with Crippen molar-refractivity contribution in [1.82, 2.24) is 4.98 Å². The van der Waals surface area contributed by atoms with E-state index in [1.807, 2.05) is 54.8 Å². The van der Waals surface area contributed by atoms with Crippen LogP contribution in [0.5, 0.6) is 0 Å². The highest BCUT2D eigenvalue weighted by Gasteiger charge is 2.24. The zero-order chi connectivity index (χ0) is 17.1. The SMILES string of the molecule is C[C@@H]([NH2+]C[C@H](c1ccccc1Cl)c1c[nH]c2ccccc12)C(N)=O. The van der Waals surface area contributed by atoms with Crippen LogP contribution >= 0.6 is 11.6 Å². The summed E-state index contributed by atoms with van der Waals surface area (Å²) in [7, 11) is 0. The molecule has 0 saturated carbocycles. The Labute approximate surface area is 146 Å². The Hall–Kier alpha value is -2.30. The number of hydrogen-bond donors (Lipinski definition) is 3. The minimum absolute atomic E-state index is 0.0663. The van der Waals surface area contributed by atoms with Gasteiger partial charge in [-0.1, -0.05) is 48.0 Å². The second-order valence-corrected chi connectivity index (χ2v) is 6.43. The van der Waals surface area contributed by atoms with Gasteiger partial charge in [-0.3, -0.25) is 4.79 Å². The number of rotatable bonds is 6. The minimum atomic E-state index is -0.313. The summed E-state index contributed by atoms with van der Waals surface area (Å²) < 4.78 is 0. The predicted molar refractivity (Wildman–Crippen MR) is 97.0 cm³/mol. The third kappa shape index (κ3) is 3.30. The molecule has 0 radical (unpaired) electrons. The first kappa shape index (κ1) is 16.6. The van der Waals surface area contributed by atoms with Crippen molar-refractivity contribution in [1.29, 1.82) is 0 Å². The highest BCUT2D eigenvalue weighted by Crippen LogP contribution is 2.33. The van der Waals surface area contributed by atoms with Gasteiger partial charge in [-0.15, -0.1) is 0 Å². The highest BCUT2D eigenvalue weighted by molar-refractivity contribution is 6.31. The molecule has 4 nitrogen and oxygen atoms in total. The molecule has 0 fully saturated rings. The van der Waals surface area contributed by atoms with Crippen LogP contribution in [0.15, 0.2) is 54.7 Å². The zero-order valence-electron chi connectivity index (χ0n) is 13.5. The number of aromatic amines is 1. The number of fused-ring (bicyclic) bond motifs is 1. The minimum Gasteiger partial charge on any atom is -0.365 e. The van der Waals surface area contributed by atoms with E-state index in [0.717, 1.165) is 16.1 Å². The molecule has 0 unspecified atom stereocenters. The molecule has 3 aromatic rings. The summed E-state index contributed by atoms with van der Waals surface area (Å²) in [4.78, 5) is 14.7. The first-order valence-electron chi connectivity index (χ1n) is 8.01. The fourth-order valence-electron chi connectivity index (χ4n) is 3.02. The molecular formula is C19H21ClN3O+. The van der Waals surface area contributed by atoms with E-state index in [-0.39, 0.29) is 17.9 Å². The molecule has 5 heteroatoms. The van der Waals surface area contributed by atoms with Crippen molar-refractivity contribution in [2.24, 2.45) is 5.73 Å². The smallest absolute Gasteiger partial charge is 0.275 e. The molecule has 1 heterocycles. The van der Waals surface area contributed by atoms with Gasteiger partial charge in [0.1, 0.15) is 0 Å². The van der Waals surface area contributed by atoms with E-state index in [9.17, 15) is 4.79 Å². The molecule has 1 aromatic heterocycles. The van der Waals surface area contributed by atoms with Crippen molar-refractivity contribution in [3.05, 3.63) is 70.9 Å². The molecular weight excluding hydrogens is 322 g/mol. The molecule has 0 aliphatic heterocycles. The van der Waals surface area contributed by atoms with Gasteiger partial charge in [-0.2, -0.15) is 0 Å². The third-order valence-corrected chi connectivity index (χ3v) is 4.80. The lowest BCUT2D eigenvalue weighted by atomic mass is 9.90. The van der Waals surface area contributed by atoms with E-state index in [2.05, 4.69) is 17.1 Å². The number of carbonyl (C=O) groups excluding carboxylic acids is 1. The molecule has 0 saturated heterocycles. The fourth-order valence-corrected chi connectivity index (χ4v) is 3.29. The Kier molecular flexibility index (Phi) is 4.88. The number of quaternary nitrogens is 1. The van der Waals surface area contributed by atoms with E-state index in [4.69, 9.17) is 17.3 Å². The van der Waals surface area contributed by atoms with Crippen LogP contribution in [0, 0.1) is 0 Å². The lowest BCUT2D eigenvalue weighted by molar-refractivity contribution is -0.674. The first-order valence-corrected chi connectivity index (χ1v) is 8.39. The van der Waals surface area contributed by atoms with Gasteiger partial charge in [-0.05, 0) is 30.2 Å². The number of amides is 1. The predicted octanol–water partition coefficient (Wildman–Crippen LogP) is 2.39. The summed E-state index contributed by atoms with van der Waals surface area (Å²) in [5.74, 6) is -0.247. The molecule has 0 aliphatic rings. The largest absolute Gasteiger partial charge is 0.365 e. The van der Waals surface area contributed by atoms with Crippen molar-refractivity contribution in [2.75, 3.05) is 6.54 Å². The van der Waals surface area contributed by atoms with Gasteiger partial charge < -0.3 is 16.0 Å². The molecule has 1 amide bonds. The summed E-state index contributed by atoms with van der Waals surface area (Å²) in [6.45, 7) is 2.51. The summed E-state index contributed by atoms with van der Waals surface area (Å²) in [5, 5.41) is 3.87. The lowest BCUT2D eigenvalue weighted by Crippen LogP contribution is -2.92. The number of hydrogen-bond acceptors (Lipinski definition) is 1. The van der Waals surface area contributed by atoms with Crippen LogP contribution in [0.1, 0.15) is 24.0 Å². The average Bonchev–Trinajstić information content (AvgIpc) is 3.00. The maximum atomic E-state index is 11.4. The lowest BCUT2D eigenvalue weighted by Gasteiger charge is -2.19. The van der Waals surface area contributed by atoms with Crippen molar-refractivity contribution in [3.63, 3.8) is 0 Å². The van der Waals surface area contributed by atoms with Crippen LogP contribution in [0.4, 0.5) is 0 Å². The molecule has 2 aromatic carbocycles. The Bertz CT molecular complexity index is 858. The van der Waals surface area contributed by atoms with Gasteiger partial charge in [0.2, 0.25) is 0 Å².